The summed E-state index contributed by atoms with van der Waals surface area (Å²) in [5.41, 5.74) is 2.27. The van der Waals surface area contributed by atoms with Gasteiger partial charge in [0.2, 0.25) is 0 Å². The highest BCUT2D eigenvalue weighted by Crippen LogP contribution is 2.20. The standard InChI is InChI=1S/C14H14Br2N2/c1-10-13(16)6-7-14(17-10)18(2)9-11-4-3-5-12(15)8-11/h3-8H,9H2,1-2H3. The maximum Gasteiger partial charge on any atom is 0.128 e. The summed E-state index contributed by atoms with van der Waals surface area (Å²) < 4.78 is 2.15. The average Bonchev–Trinajstić information content (AvgIpc) is 2.32. The first-order chi connectivity index (χ1) is 8.56. The molecule has 0 aliphatic carbocycles. The molecule has 4 heteroatoms. The molecule has 2 nitrogen and oxygen atoms in total. The molecule has 0 bridgehead atoms. The number of benzene rings is 1. The lowest BCUT2D eigenvalue weighted by Gasteiger charge is -2.19. The van der Waals surface area contributed by atoms with Crippen molar-refractivity contribution in [2.45, 2.75) is 13.5 Å². The lowest BCUT2D eigenvalue weighted by Crippen LogP contribution is -2.17. The van der Waals surface area contributed by atoms with Crippen LogP contribution in [0.15, 0.2) is 45.3 Å². The molecule has 0 N–H and O–H groups in total. The molecule has 1 aromatic carbocycles. The highest BCUT2D eigenvalue weighted by molar-refractivity contribution is 9.10. The van der Waals surface area contributed by atoms with Crippen LogP contribution in [-0.4, -0.2) is 12.0 Å². The molecule has 0 fully saturated rings. The largest absolute Gasteiger partial charge is 0.355 e. The third-order valence-electron chi connectivity index (χ3n) is 2.71. The van der Waals surface area contributed by atoms with E-state index in [9.17, 15) is 0 Å². The molecule has 0 aliphatic rings. The zero-order valence-corrected chi connectivity index (χ0v) is 13.5. The van der Waals surface area contributed by atoms with Crippen LogP contribution in [-0.2, 0) is 6.54 Å². The van der Waals surface area contributed by atoms with Crippen molar-refractivity contribution in [2.75, 3.05) is 11.9 Å². The highest BCUT2D eigenvalue weighted by Gasteiger charge is 2.05. The second kappa shape index (κ2) is 5.85. The first-order valence-corrected chi connectivity index (χ1v) is 7.23. The molecule has 1 heterocycles. The predicted octanol–water partition coefficient (Wildman–Crippen LogP) is 4.55. The van der Waals surface area contributed by atoms with Gasteiger partial charge in [-0.3, -0.25) is 0 Å². The lowest BCUT2D eigenvalue weighted by atomic mass is 10.2. The van der Waals surface area contributed by atoms with Crippen LogP contribution in [0.4, 0.5) is 5.82 Å². The van der Waals surface area contributed by atoms with E-state index in [2.05, 4.69) is 60.9 Å². The van der Waals surface area contributed by atoms with Crippen LogP contribution in [0.1, 0.15) is 11.3 Å². The van der Waals surface area contributed by atoms with Gasteiger partial charge in [0, 0.05) is 22.5 Å². The molecule has 18 heavy (non-hydrogen) atoms. The Morgan fingerprint density at radius 1 is 1.17 bits per heavy atom. The third-order valence-corrected chi connectivity index (χ3v) is 4.04. The molecule has 94 valence electrons. The van der Waals surface area contributed by atoms with Gasteiger partial charge >= 0.3 is 0 Å². The number of hydrogen-bond donors (Lipinski definition) is 0. The monoisotopic (exact) mass is 368 g/mol. The van der Waals surface area contributed by atoms with Crippen LogP contribution in [0.25, 0.3) is 0 Å². The Morgan fingerprint density at radius 3 is 2.61 bits per heavy atom. The fourth-order valence-electron chi connectivity index (χ4n) is 1.73. The highest BCUT2D eigenvalue weighted by atomic mass is 79.9. The third kappa shape index (κ3) is 3.33. The fraction of sp³-hybridized carbons (Fsp3) is 0.214. The molecule has 2 aromatic rings. The van der Waals surface area contributed by atoms with E-state index in [0.29, 0.717) is 0 Å². The van der Waals surface area contributed by atoms with Gasteiger partial charge in [-0.2, -0.15) is 0 Å². The molecule has 0 aliphatic heterocycles. The van der Waals surface area contributed by atoms with E-state index in [-0.39, 0.29) is 0 Å². The van der Waals surface area contributed by atoms with E-state index >= 15 is 0 Å². The Hall–Kier alpha value is -0.870. The minimum Gasteiger partial charge on any atom is -0.355 e. The lowest BCUT2D eigenvalue weighted by molar-refractivity contribution is 0.890. The van der Waals surface area contributed by atoms with Gasteiger partial charge in [0.15, 0.2) is 0 Å². The summed E-state index contributed by atoms with van der Waals surface area (Å²) in [6.07, 6.45) is 0. The predicted molar refractivity (Wildman–Crippen MR) is 82.9 cm³/mol. The minimum absolute atomic E-state index is 0.841. The van der Waals surface area contributed by atoms with Crippen LogP contribution in [0.5, 0.6) is 0 Å². The zero-order chi connectivity index (χ0) is 13.1. The summed E-state index contributed by atoms with van der Waals surface area (Å²) in [7, 11) is 2.05. The Bertz CT molecular complexity index is 555. The van der Waals surface area contributed by atoms with Gasteiger partial charge in [-0.25, -0.2) is 4.98 Å². The van der Waals surface area contributed by atoms with E-state index < -0.39 is 0 Å². The van der Waals surface area contributed by atoms with Crippen LogP contribution in [0.2, 0.25) is 0 Å². The Morgan fingerprint density at radius 2 is 1.94 bits per heavy atom. The summed E-state index contributed by atoms with van der Waals surface area (Å²) >= 11 is 6.96. The van der Waals surface area contributed by atoms with Gasteiger partial charge in [-0.15, -0.1) is 0 Å². The van der Waals surface area contributed by atoms with Gasteiger partial charge in [0.1, 0.15) is 5.82 Å². The fourth-order valence-corrected chi connectivity index (χ4v) is 2.40. The molecular formula is C14H14Br2N2. The molecule has 0 unspecified atom stereocenters. The van der Waals surface area contributed by atoms with E-state index in [0.717, 1.165) is 27.0 Å². The number of pyridine rings is 1. The van der Waals surface area contributed by atoms with Crippen molar-refractivity contribution >= 4 is 37.7 Å². The van der Waals surface area contributed by atoms with Crippen LogP contribution < -0.4 is 4.90 Å². The topological polar surface area (TPSA) is 16.1 Å². The first kappa shape index (κ1) is 13.6. The zero-order valence-electron chi connectivity index (χ0n) is 10.3. The second-order valence-corrected chi connectivity index (χ2v) is 5.99. The van der Waals surface area contributed by atoms with Crippen molar-refractivity contribution in [2.24, 2.45) is 0 Å². The van der Waals surface area contributed by atoms with Gasteiger partial charge in [0.25, 0.3) is 0 Å². The SMILES string of the molecule is Cc1nc(N(C)Cc2cccc(Br)c2)ccc1Br. The Labute approximate surface area is 124 Å². The first-order valence-electron chi connectivity index (χ1n) is 5.65. The van der Waals surface area contributed by atoms with Gasteiger partial charge in [-0.05, 0) is 52.7 Å². The normalized spacial score (nSPS) is 10.4. The van der Waals surface area contributed by atoms with Crippen LogP contribution >= 0.6 is 31.9 Å². The minimum atomic E-state index is 0.841. The summed E-state index contributed by atoms with van der Waals surface area (Å²) in [5, 5.41) is 0. The smallest absolute Gasteiger partial charge is 0.128 e. The number of halogens is 2. The molecule has 0 saturated heterocycles. The molecule has 0 spiro atoms. The summed E-state index contributed by atoms with van der Waals surface area (Å²) in [4.78, 5) is 6.70. The number of anilines is 1. The number of aryl methyl sites for hydroxylation is 1. The van der Waals surface area contributed by atoms with Gasteiger partial charge in [-0.1, -0.05) is 28.1 Å². The van der Waals surface area contributed by atoms with Gasteiger partial charge < -0.3 is 4.90 Å². The van der Waals surface area contributed by atoms with E-state index in [1.54, 1.807) is 0 Å². The van der Waals surface area contributed by atoms with Crippen molar-refractivity contribution in [3.8, 4) is 0 Å². The maximum absolute atomic E-state index is 4.56. The van der Waals surface area contributed by atoms with Crippen molar-refractivity contribution in [1.82, 2.24) is 4.98 Å². The molecule has 2 rings (SSSR count). The van der Waals surface area contributed by atoms with Crippen molar-refractivity contribution in [1.29, 1.82) is 0 Å². The Balaban J connectivity index is 2.16. The van der Waals surface area contributed by atoms with Crippen molar-refractivity contribution < 1.29 is 0 Å². The second-order valence-electron chi connectivity index (χ2n) is 4.22. The van der Waals surface area contributed by atoms with E-state index in [1.807, 2.05) is 31.2 Å². The number of nitrogens with zero attached hydrogens (tertiary/aromatic N) is 2. The molecule has 0 amide bonds. The van der Waals surface area contributed by atoms with Gasteiger partial charge in [0.05, 0.1) is 5.69 Å². The maximum atomic E-state index is 4.56. The van der Waals surface area contributed by atoms with E-state index in [4.69, 9.17) is 0 Å². The van der Waals surface area contributed by atoms with Crippen molar-refractivity contribution in [3.63, 3.8) is 0 Å². The van der Waals surface area contributed by atoms with Crippen LogP contribution in [0, 0.1) is 6.92 Å². The quantitative estimate of drug-likeness (QED) is 0.788. The molecular weight excluding hydrogens is 356 g/mol. The molecule has 0 saturated carbocycles. The molecule has 0 radical (unpaired) electrons. The number of hydrogen-bond acceptors (Lipinski definition) is 2. The number of rotatable bonds is 3. The van der Waals surface area contributed by atoms with E-state index in [1.165, 1.54) is 5.56 Å². The molecule has 0 atom stereocenters. The summed E-state index contributed by atoms with van der Waals surface area (Å²) in [5.74, 6) is 0.982. The van der Waals surface area contributed by atoms with Crippen LogP contribution in [0.3, 0.4) is 0 Å². The summed E-state index contributed by atoms with van der Waals surface area (Å²) in [6, 6.07) is 12.4. The number of aromatic nitrogens is 1. The Kier molecular flexibility index (Phi) is 4.40. The molecule has 1 aromatic heterocycles. The average molecular weight is 370 g/mol. The van der Waals surface area contributed by atoms with Crippen molar-refractivity contribution in [3.05, 3.63) is 56.6 Å². The summed E-state index contributed by atoms with van der Waals surface area (Å²) in [6.45, 7) is 2.84.